The Balaban J connectivity index is 3.41. The Bertz CT molecular complexity index is 512. The van der Waals surface area contributed by atoms with Gasteiger partial charge in [0, 0.05) is 0 Å². The smallest absolute Gasteiger partial charge is 0.310 e. The molecule has 0 aliphatic heterocycles. The molecule has 0 radical (unpaired) electrons. The second-order valence-electron chi connectivity index (χ2n) is 9.70. The number of carbonyl (C=O) groups excluding carboxylic acids is 1. The van der Waals surface area contributed by atoms with Crippen LogP contribution in [0.25, 0.3) is 0 Å². The van der Waals surface area contributed by atoms with Crippen molar-refractivity contribution in [2.75, 3.05) is 6.61 Å². The summed E-state index contributed by atoms with van der Waals surface area (Å²) in [5.41, 5.74) is 0. The molecule has 198 valence electrons. The average molecular weight is 479 g/mol. The molecule has 0 saturated heterocycles. The topological polar surface area (TPSA) is 63.6 Å². The summed E-state index contributed by atoms with van der Waals surface area (Å²) in [6.07, 6.45) is 31.7. The van der Waals surface area contributed by atoms with E-state index >= 15 is 0 Å². The van der Waals surface area contributed by atoms with Crippen molar-refractivity contribution in [1.29, 1.82) is 0 Å². The molecular formula is C30H54O4. The third-order valence-electron chi connectivity index (χ3n) is 6.41. The number of esters is 1. The Morgan fingerprint density at radius 1 is 0.735 bits per heavy atom. The maximum atomic E-state index is 11.6. The van der Waals surface area contributed by atoms with E-state index in [1.807, 2.05) is 6.08 Å². The Morgan fingerprint density at radius 2 is 1.15 bits per heavy atom. The molecule has 0 spiro atoms. The van der Waals surface area contributed by atoms with Gasteiger partial charge in [0.15, 0.2) is 0 Å². The molecule has 34 heavy (non-hydrogen) atoms. The summed E-state index contributed by atoms with van der Waals surface area (Å²) in [6, 6.07) is 0. The van der Waals surface area contributed by atoms with Crippen LogP contribution in [0, 0.1) is 5.92 Å². The summed E-state index contributed by atoms with van der Waals surface area (Å²) in [4.78, 5) is 22.8. The zero-order valence-electron chi connectivity index (χ0n) is 22.2. The van der Waals surface area contributed by atoms with E-state index in [-0.39, 0.29) is 13.0 Å². The van der Waals surface area contributed by atoms with Crippen LogP contribution in [-0.4, -0.2) is 23.7 Å². The molecule has 1 atom stereocenters. The number of allylic oxidation sites excluding steroid dienone is 1. The number of carbonyl (C=O) groups is 2. The quantitative estimate of drug-likeness (QED) is 0.0764. The Morgan fingerprint density at radius 3 is 1.53 bits per heavy atom. The number of carboxylic acid groups (broad SMARTS) is 1. The van der Waals surface area contributed by atoms with Gasteiger partial charge in [-0.1, -0.05) is 147 Å². The van der Waals surface area contributed by atoms with Crippen molar-refractivity contribution in [2.45, 2.75) is 142 Å². The monoisotopic (exact) mass is 478 g/mol. The number of carboxylic acids is 1. The molecule has 1 N–H and O–H groups in total. The third-order valence-corrected chi connectivity index (χ3v) is 6.41. The lowest BCUT2D eigenvalue weighted by Gasteiger charge is -2.07. The second-order valence-corrected chi connectivity index (χ2v) is 9.70. The number of ether oxygens (including phenoxy) is 1. The maximum Gasteiger partial charge on any atom is 0.310 e. The summed E-state index contributed by atoms with van der Waals surface area (Å²) in [5.74, 6) is -2.29. The summed E-state index contributed by atoms with van der Waals surface area (Å²) in [5, 5.41) is 9.23. The summed E-state index contributed by atoms with van der Waals surface area (Å²) >= 11 is 0. The molecule has 1 unspecified atom stereocenters. The van der Waals surface area contributed by atoms with E-state index in [9.17, 15) is 14.7 Å². The molecule has 0 rings (SSSR count). The molecule has 0 amide bonds. The first kappa shape index (κ1) is 32.4. The van der Waals surface area contributed by atoms with Crippen LogP contribution in [0.3, 0.4) is 0 Å². The molecule has 0 aromatic carbocycles. The van der Waals surface area contributed by atoms with Crippen molar-refractivity contribution in [3.63, 3.8) is 0 Å². The van der Waals surface area contributed by atoms with E-state index in [4.69, 9.17) is 4.74 Å². The minimum Gasteiger partial charge on any atom is -0.481 e. The standard InChI is InChI=1S/C30H54O4/c1-3-5-6-7-8-9-10-11-12-13-14-15-16-17-18-19-20-21-22-23-24-25-28(30(32)33)27-29(31)34-26-4-2/h4,24-25,28H,2-3,5-23,26-27H2,1H3,(H,32,33)/b25-24+. The van der Waals surface area contributed by atoms with Gasteiger partial charge in [0.25, 0.3) is 0 Å². The summed E-state index contributed by atoms with van der Waals surface area (Å²) in [7, 11) is 0. The zero-order chi connectivity index (χ0) is 25.1. The average Bonchev–Trinajstić information content (AvgIpc) is 2.82. The van der Waals surface area contributed by atoms with Crippen molar-refractivity contribution in [3.8, 4) is 0 Å². The SMILES string of the molecule is C=CCOC(=O)CC(/C=C/CCCCCCCCCCCCCCCCCCCCC)C(=O)O. The lowest BCUT2D eigenvalue weighted by molar-refractivity contribution is -0.149. The lowest BCUT2D eigenvalue weighted by Crippen LogP contribution is -2.17. The molecule has 0 aromatic rings. The van der Waals surface area contributed by atoms with E-state index in [1.165, 1.54) is 122 Å². The van der Waals surface area contributed by atoms with Gasteiger partial charge in [-0.2, -0.15) is 0 Å². The summed E-state index contributed by atoms with van der Waals surface area (Å²) < 4.78 is 4.87. The fraction of sp³-hybridized carbons (Fsp3) is 0.800. The van der Waals surface area contributed by atoms with Crippen molar-refractivity contribution in [3.05, 3.63) is 24.8 Å². The first-order valence-corrected chi connectivity index (χ1v) is 14.3. The van der Waals surface area contributed by atoms with E-state index in [1.54, 1.807) is 6.08 Å². The number of aliphatic carboxylic acids is 1. The van der Waals surface area contributed by atoms with Crippen LogP contribution in [0.4, 0.5) is 0 Å². The van der Waals surface area contributed by atoms with Crippen molar-refractivity contribution < 1.29 is 19.4 Å². The molecule has 0 heterocycles. The summed E-state index contributed by atoms with van der Waals surface area (Å²) in [6.45, 7) is 5.87. The Labute approximate surface area is 210 Å². The van der Waals surface area contributed by atoms with Crippen LogP contribution >= 0.6 is 0 Å². The molecule has 0 saturated carbocycles. The van der Waals surface area contributed by atoms with Crippen LogP contribution in [0.5, 0.6) is 0 Å². The Hall–Kier alpha value is -1.58. The van der Waals surface area contributed by atoms with Gasteiger partial charge >= 0.3 is 11.9 Å². The van der Waals surface area contributed by atoms with Crippen LogP contribution < -0.4 is 0 Å². The van der Waals surface area contributed by atoms with E-state index < -0.39 is 17.9 Å². The van der Waals surface area contributed by atoms with Gasteiger partial charge in [-0.25, -0.2) is 0 Å². The first-order valence-electron chi connectivity index (χ1n) is 14.3. The highest BCUT2D eigenvalue weighted by atomic mass is 16.5. The highest BCUT2D eigenvalue weighted by Gasteiger charge is 2.18. The van der Waals surface area contributed by atoms with Gasteiger partial charge in [0.2, 0.25) is 0 Å². The predicted octanol–water partition coefficient (Wildman–Crippen LogP) is 9.18. The van der Waals surface area contributed by atoms with Crippen LogP contribution in [-0.2, 0) is 14.3 Å². The van der Waals surface area contributed by atoms with Gasteiger partial charge in [0.05, 0.1) is 12.3 Å². The molecule has 4 nitrogen and oxygen atoms in total. The second kappa shape index (κ2) is 26.0. The minimum atomic E-state index is -0.986. The highest BCUT2D eigenvalue weighted by molar-refractivity contribution is 5.80. The normalized spacial score (nSPS) is 12.1. The zero-order valence-corrected chi connectivity index (χ0v) is 22.2. The largest absolute Gasteiger partial charge is 0.481 e. The molecule has 0 fully saturated rings. The molecule has 4 heteroatoms. The van der Waals surface area contributed by atoms with Crippen molar-refractivity contribution in [1.82, 2.24) is 0 Å². The van der Waals surface area contributed by atoms with Crippen LogP contribution in [0.15, 0.2) is 24.8 Å². The Kier molecular flexibility index (Phi) is 24.8. The van der Waals surface area contributed by atoms with Crippen molar-refractivity contribution in [2.24, 2.45) is 5.92 Å². The van der Waals surface area contributed by atoms with Gasteiger partial charge in [-0.3, -0.25) is 9.59 Å². The molecule has 0 aliphatic rings. The number of unbranched alkanes of at least 4 members (excludes halogenated alkanes) is 19. The van der Waals surface area contributed by atoms with Crippen LogP contribution in [0.1, 0.15) is 142 Å². The maximum absolute atomic E-state index is 11.6. The van der Waals surface area contributed by atoms with Crippen molar-refractivity contribution >= 4 is 11.9 Å². The van der Waals surface area contributed by atoms with E-state index in [0.717, 1.165) is 12.8 Å². The van der Waals surface area contributed by atoms with Gasteiger partial charge in [-0.05, 0) is 12.8 Å². The number of hydrogen-bond acceptors (Lipinski definition) is 3. The molecule has 0 aliphatic carbocycles. The minimum absolute atomic E-state index is 0.119. The predicted molar refractivity (Wildman–Crippen MR) is 144 cm³/mol. The highest BCUT2D eigenvalue weighted by Crippen LogP contribution is 2.15. The number of hydrogen-bond donors (Lipinski definition) is 1. The first-order chi connectivity index (χ1) is 16.6. The lowest BCUT2D eigenvalue weighted by atomic mass is 10.0. The van der Waals surface area contributed by atoms with Gasteiger partial charge in [-0.15, -0.1) is 0 Å². The van der Waals surface area contributed by atoms with Gasteiger partial charge in [0.1, 0.15) is 6.61 Å². The number of rotatable bonds is 26. The fourth-order valence-corrected chi connectivity index (χ4v) is 4.23. The fourth-order valence-electron chi connectivity index (χ4n) is 4.23. The van der Waals surface area contributed by atoms with E-state index in [2.05, 4.69) is 13.5 Å². The molecule has 0 aromatic heterocycles. The van der Waals surface area contributed by atoms with Gasteiger partial charge < -0.3 is 9.84 Å². The van der Waals surface area contributed by atoms with E-state index in [0.29, 0.717) is 0 Å². The molecular weight excluding hydrogens is 424 g/mol. The third kappa shape index (κ3) is 23.6. The van der Waals surface area contributed by atoms with Crippen LogP contribution in [0.2, 0.25) is 0 Å². The molecule has 0 bridgehead atoms.